The van der Waals surface area contributed by atoms with Gasteiger partial charge in [-0.1, -0.05) is 0 Å². The number of fused-ring (bicyclic) bond motifs is 2. The summed E-state index contributed by atoms with van der Waals surface area (Å²) in [4.78, 5) is 13.3. The Morgan fingerprint density at radius 1 is 1.17 bits per heavy atom. The van der Waals surface area contributed by atoms with Crippen molar-refractivity contribution in [3.63, 3.8) is 0 Å². The Labute approximate surface area is 136 Å². The number of halogens is 1. The van der Waals surface area contributed by atoms with Gasteiger partial charge in [0.05, 0.1) is 5.69 Å². The number of pyridine rings is 2. The molecule has 3 aliphatic rings. The molecule has 2 unspecified atom stereocenters. The minimum absolute atomic E-state index is 0.199. The van der Waals surface area contributed by atoms with E-state index in [2.05, 4.69) is 32.8 Å². The van der Waals surface area contributed by atoms with E-state index in [1.807, 2.05) is 12.4 Å². The van der Waals surface area contributed by atoms with Crippen molar-refractivity contribution in [3.05, 3.63) is 59.4 Å². The first-order chi connectivity index (χ1) is 11.2. The third kappa shape index (κ3) is 2.86. The van der Waals surface area contributed by atoms with E-state index in [-0.39, 0.29) is 5.82 Å². The first-order valence-electron chi connectivity index (χ1n) is 8.17. The maximum Gasteiger partial charge on any atom is 0.146 e. The third-order valence-corrected chi connectivity index (χ3v) is 5.13. The van der Waals surface area contributed by atoms with Crippen molar-refractivity contribution in [3.8, 4) is 0 Å². The van der Waals surface area contributed by atoms with Crippen molar-refractivity contribution in [1.82, 2.24) is 19.8 Å². The van der Waals surface area contributed by atoms with Crippen LogP contribution >= 0.6 is 0 Å². The highest BCUT2D eigenvalue weighted by Crippen LogP contribution is 2.34. The topological polar surface area (TPSA) is 32.3 Å². The lowest BCUT2D eigenvalue weighted by atomic mass is 9.86. The molecule has 2 atom stereocenters. The molecular formula is C18H21FN4. The predicted octanol–water partition coefficient (Wildman–Crippen LogP) is 2.38. The van der Waals surface area contributed by atoms with Crippen molar-refractivity contribution in [2.75, 3.05) is 13.1 Å². The molecule has 2 aromatic heterocycles. The van der Waals surface area contributed by atoms with Gasteiger partial charge in [-0.15, -0.1) is 0 Å². The highest BCUT2D eigenvalue weighted by atomic mass is 19.1. The summed E-state index contributed by atoms with van der Waals surface area (Å²) in [5.74, 6) is -0.199. The molecule has 0 aliphatic carbocycles. The predicted molar refractivity (Wildman–Crippen MR) is 86.2 cm³/mol. The van der Waals surface area contributed by atoms with E-state index in [1.54, 1.807) is 12.3 Å². The molecule has 0 amide bonds. The van der Waals surface area contributed by atoms with Crippen LogP contribution in [0.2, 0.25) is 0 Å². The fourth-order valence-corrected chi connectivity index (χ4v) is 3.77. The van der Waals surface area contributed by atoms with Crippen molar-refractivity contribution >= 4 is 0 Å². The summed E-state index contributed by atoms with van der Waals surface area (Å²) in [6, 6.07) is 6.34. The second-order valence-electron chi connectivity index (χ2n) is 6.64. The van der Waals surface area contributed by atoms with Crippen LogP contribution in [0.5, 0.6) is 0 Å². The van der Waals surface area contributed by atoms with E-state index in [9.17, 15) is 4.39 Å². The molecule has 4 nitrogen and oxygen atoms in total. The van der Waals surface area contributed by atoms with Crippen LogP contribution in [-0.4, -0.2) is 44.9 Å². The van der Waals surface area contributed by atoms with E-state index < -0.39 is 0 Å². The average Bonchev–Trinajstić information content (AvgIpc) is 2.56. The molecule has 5 heteroatoms. The Morgan fingerprint density at radius 3 is 2.74 bits per heavy atom. The standard InChI is InChI=1S/C18H21FN4/c1-13-4-6-20-8-14(13)9-23-15-7-16(23)11-22(10-15)12-18-17(19)3-2-5-21-18/h2-6,8,15-16H,7,9-12H2,1H3. The number of aryl methyl sites for hydroxylation is 1. The molecule has 5 heterocycles. The second kappa shape index (κ2) is 5.98. The Hall–Kier alpha value is -1.85. The molecule has 2 aromatic rings. The molecule has 23 heavy (non-hydrogen) atoms. The van der Waals surface area contributed by atoms with Crippen molar-refractivity contribution in [2.24, 2.45) is 0 Å². The normalized spacial score (nSPS) is 24.4. The van der Waals surface area contributed by atoms with Gasteiger partial charge in [0.25, 0.3) is 0 Å². The van der Waals surface area contributed by atoms with Gasteiger partial charge in [0.2, 0.25) is 0 Å². The Bertz CT molecular complexity index is 693. The van der Waals surface area contributed by atoms with Gasteiger partial charge in [0, 0.05) is 56.9 Å². The van der Waals surface area contributed by atoms with Crippen LogP contribution in [0.15, 0.2) is 36.8 Å². The molecule has 0 N–H and O–H groups in total. The van der Waals surface area contributed by atoms with E-state index in [0.717, 1.165) is 19.6 Å². The zero-order valence-electron chi connectivity index (χ0n) is 13.3. The monoisotopic (exact) mass is 312 g/mol. The number of piperazine rings is 1. The van der Waals surface area contributed by atoms with Gasteiger partial charge < -0.3 is 0 Å². The van der Waals surface area contributed by atoms with Gasteiger partial charge in [0.15, 0.2) is 0 Å². The number of rotatable bonds is 4. The van der Waals surface area contributed by atoms with Gasteiger partial charge in [-0.25, -0.2) is 4.39 Å². The average molecular weight is 312 g/mol. The fourth-order valence-electron chi connectivity index (χ4n) is 3.77. The summed E-state index contributed by atoms with van der Waals surface area (Å²) in [6.45, 7) is 5.71. The van der Waals surface area contributed by atoms with Gasteiger partial charge >= 0.3 is 0 Å². The summed E-state index contributed by atoms with van der Waals surface area (Å²) < 4.78 is 13.8. The SMILES string of the molecule is Cc1ccncc1CN1C2CC1CN(Cc1ncccc1F)C2. The van der Waals surface area contributed by atoms with Crippen LogP contribution in [0.25, 0.3) is 0 Å². The Morgan fingerprint density at radius 2 is 2.00 bits per heavy atom. The maximum atomic E-state index is 13.8. The number of hydrogen-bond acceptors (Lipinski definition) is 4. The minimum Gasteiger partial charge on any atom is -0.294 e. The molecular weight excluding hydrogens is 291 g/mol. The molecule has 3 fully saturated rings. The largest absolute Gasteiger partial charge is 0.294 e. The first kappa shape index (κ1) is 14.7. The molecule has 0 radical (unpaired) electrons. The number of aromatic nitrogens is 2. The van der Waals surface area contributed by atoms with Crippen molar-refractivity contribution in [2.45, 2.75) is 38.5 Å². The van der Waals surface area contributed by atoms with Crippen LogP contribution in [-0.2, 0) is 13.1 Å². The quantitative estimate of drug-likeness (QED) is 0.868. The lowest BCUT2D eigenvalue weighted by molar-refractivity contribution is -0.0781. The molecule has 0 spiro atoms. The summed E-state index contributed by atoms with van der Waals surface area (Å²) in [6.07, 6.45) is 6.74. The lowest BCUT2D eigenvalue weighted by Gasteiger charge is -2.56. The number of nitrogens with zero attached hydrogens (tertiary/aromatic N) is 4. The van der Waals surface area contributed by atoms with E-state index >= 15 is 0 Å². The highest BCUT2D eigenvalue weighted by molar-refractivity contribution is 5.22. The Balaban J connectivity index is 1.39. The van der Waals surface area contributed by atoms with E-state index in [0.29, 0.717) is 24.3 Å². The molecule has 3 saturated heterocycles. The van der Waals surface area contributed by atoms with E-state index in [1.165, 1.54) is 23.6 Å². The molecule has 120 valence electrons. The van der Waals surface area contributed by atoms with Crippen LogP contribution in [0.3, 0.4) is 0 Å². The smallest absolute Gasteiger partial charge is 0.146 e. The zero-order valence-corrected chi connectivity index (χ0v) is 13.3. The lowest BCUT2D eigenvalue weighted by Crippen LogP contribution is -2.67. The number of piperidine rings is 1. The van der Waals surface area contributed by atoms with Gasteiger partial charge in [-0.05, 0) is 42.7 Å². The summed E-state index contributed by atoms with van der Waals surface area (Å²) >= 11 is 0. The van der Waals surface area contributed by atoms with Gasteiger partial charge in [0.1, 0.15) is 5.82 Å². The fraction of sp³-hybridized carbons (Fsp3) is 0.444. The summed E-state index contributed by atoms with van der Waals surface area (Å²) in [5, 5.41) is 0. The maximum absolute atomic E-state index is 13.8. The van der Waals surface area contributed by atoms with Gasteiger partial charge in [-0.3, -0.25) is 19.8 Å². The Kier molecular flexibility index (Phi) is 3.83. The van der Waals surface area contributed by atoms with Gasteiger partial charge in [-0.2, -0.15) is 0 Å². The van der Waals surface area contributed by atoms with Crippen LogP contribution < -0.4 is 0 Å². The number of hydrogen-bond donors (Lipinski definition) is 0. The second-order valence-corrected chi connectivity index (χ2v) is 6.64. The summed E-state index contributed by atoms with van der Waals surface area (Å²) in [5.41, 5.74) is 3.17. The molecule has 3 aliphatic heterocycles. The van der Waals surface area contributed by atoms with Crippen LogP contribution in [0.4, 0.5) is 4.39 Å². The zero-order chi connectivity index (χ0) is 15.8. The van der Waals surface area contributed by atoms with Crippen LogP contribution in [0, 0.1) is 12.7 Å². The third-order valence-electron chi connectivity index (χ3n) is 5.13. The highest BCUT2D eigenvalue weighted by Gasteiger charge is 2.44. The molecule has 0 saturated carbocycles. The van der Waals surface area contributed by atoms with E-state index in [4.69, 9.17) is 0 Å². The molecule has 0 aromatic carbocycles. The minimum atomic E-state index is -0.199. The first-order valence-corrected chi connectivity index (χ1v) is 8.17. The van der Waals surface area contributed by atoms with Crippen molar-refractivity contribution < 1.29 is 4.39 Å². The molecule has 5 rings (SSSR count). The molecule has 2 bridgehead atoms. The van der Waals surface area contributed by atoms with Crippen molar-refractivity contribution in [1.29, 1.82) is 0 Å². The summed E-state index contributed by atoms with van der Waals surface area (Å²) in [7, 11) is 0. The van der Waals surface area contributed by atoms with Crippen LogP contribution in [0.1, 0.15) is 23.2 Å².